The van der Waals surface area contributed by atoms with Gasteiger partial charge in [0.15, 0.2) is 0 Å². The molecule has 148 valence electrons. The van der Waals surface area contributed by atoms with Gasteiger partial charge in [-0.2, -0.15) is 0 Å². The number of hydrogen-bond acceptors (Lipinski definition) is 4. The van der Waals surface area contributed by atoms with Crippen molar-refractivity contribution in [3.8, 4) is 0 Å². The quantitative estimate of drug-likeness (QED) is 0.457. The number of para-hydroxylation sites is 2. The van der Waals surface area contributed by atoms with Gasteiger partial charge in [-0.1, -0.05) is 66.7 Å². The molecule has 0 N–H and O–H groups in total. The monoisotopic (exact) mass is 394 g/mol. The van der Waals surface area contributed by atoms with Crippen LogP contribution in [0.1, 0.15) is 16.1 Å². The normalized spacial score (nSPS) is 10.4. The molecule has 1 aromatic heterocycles. The third-order valence-electron chi connectivity index (χ3n) is 4.80. The van der Waals surface area contributed by atoms with E-state index in [0.29, 0.717) is 18.2 Å². The van der Waals surface area contributed by atoms with Crippen molar-refractivity contribution in [1.29, 1.82) is 0 Å². The molecule has 0 bridgehead atoms. The summed E-state index contributed by atoms with van der Waals surface area (Å²) in [6, 6.07) is 31.1. The number of benzene rings is 3. The molecule has 3 aromatic carbocycles. The second-order valence-corrected chi connectivity index (χ2v) is 6.85. The molecule has 4 rings (SSSR count). The lowest BCUT2D eigenvalue weighted by Crippen LogP contribution is -2.31. The largest absolute Gasteiger partial charge is 0.314 e. The van der Waals surface area contributed by atoms with Crippen molar-refractivity contribution in [3.05, 3.63) is 115 Å². The van der Waals surface area contributed by atoms with Crippen molar-refractivity contribution in [2.24, 2.45) is 0 Å². The molecule has 1 amide bonds. The molecule has 0 spiro atoms. The molecular formula is C25H22N4O. The maximum Gasteiger partial charge on any atom is 0.277 e. The van der Waals surface area contributed by atoms with Crippen molar-refractivity contribution in [2.45, 2.75) is 6.54 Å². The number of anilines is 3. The molecule has 5 nitrogen and oxygen atoms in total. The summed E-state index contributed by atoms with van der Waals surface area (Å²) in [5, 5.41) is 0. The van der Waals surface area contributed by atoms with Gasteiger partial charge < -0.3 is 9.80 Å². The molecule has 0 aliphatic carbocycles. The van der Waals surface area contributed by atoms with E-state index >= 15 is 0 Å². The Bertz CT molecular complexity index is 1100. The van der Waals surface area contributed by atoms with Crippen LogP contribution in [0.5, 0.6) is 0 Å². The lowest BCUT2D eigenvalue weighted by atomic mass is 10.2. The van der Waals surface area contributed by atoms with E-state index in [0.717, 1.165) is 16.9 Å². The third kappa shape index (κ3) is 4.36. The minimum absolute atomic E-state index is 0.171. The van der Waals surface area contributed by atoms with Gasteiger partial charge in [-0.25, -0.2) is 9.97 Å². The zero-order chi connectivity index (χ0) is 20.8. The van der Waals surface area contributed by atoms with Gasteiger partial charge in [-0.3, -0.25) is 4.79 Å². The standard InChI is InChI=1S/C25H22N4O/c1-28(21-13-7-3-8-14-21)25-26-18-17-23(27-25)24(30)29(22-15-9-4-10-16-22)19-20-11-5-2-6-12-20/h2-18H,19H2,1H3. The average Bonchev–Trinajstić information content (AvgIpc) is 2.83. The van der Waals surface area contributed by atoms with Crippen LogP contribution in [0.25, 0.3) is 0 Å². The highest BCUT2D eigenvalue weighted by Gasteiger charge is 2.21. The SMILES string of the molecule is CN(c1ccccc1)c1nccc(C(=O)N(Cc2ccccc2)c2ccccc2)n1. The third-order valence-corrected chi connectivity index (χ3v) is 4.80. The fourth-order valence-electron chi connectivity index (χ4n) is 3.19. The summed E-state index contributed by atoms with van der Waals surface area (Å²) >= 11 is 0. The minimum atomic E-state index is -0.171. The number of carbonyl (C=O) groups excluding carboxylic acids is 1. The summed E-state index contributed by atoms with van der Waals surface area (Å²) in [5.41, 5.74) is 3.17. The topological polar surface area (TPSA) is 49.3 Å². The van der Waals surface area contributed by atoms with Gasteiger partial charge in [0.25, 0.3) is 5.91 Å². The van der Waals surface area contributed by atoms with Gasteiger partial charge in [0.05, 0.1) is 6.54 Å². The highest BCUT2D eigenvalue weighted by molar-refractivity contribution is 6.04. The van der Waals surface area contributed by atoms with Gasteiger partial charge >= 0.3 is 0 Å². The first-order valence-corrected chi connectivity index (χ1v) is 9.75. The van der Waals surface area contributed by atoms with Crippen molar-refractivity contribution >= 4 is 23.2 Å². The summed E-state index contributed by atoms with van der Waals surface area (Å²) in [7, 11) is 1.89. The van der Waals surface area contributed by atoms with E-state index in [1.165, 1.54) is 0 Å². The van der Waals surface area contributed by atoms with Crippen LogP contribution < -0.4 is 9.80 Å². The molecule has 0 saturated carbocycles. The lowest BCUT2D eigenvalue weighted by molar-refractivity contribution is 0.0980. The Hall–Kier alpha value is -3.99. The van der Waals surface area contributed by atoms with Crippen molar-refractivity contribution in [2.75, 3.05) is 16.8 Å². The first-order chi connectivity index (χ1) is 14.7. The molecule has 5 heteroatoms. The van der Waals surface area contributed by atoms with Gasteiger partial charge in [-0.15, -0.1) is 0 Å². The zero-order valence-electron chi connectivity index (χ0n) is 16.7. The van der Waals surface area contributed by atoms with E-state index in [1.54, 1.807) is 17.2 Å². The summed E-state index contributed by atoms with van der Waals surface area (Å²) in [6.45, 7) is 0.456. The van der Waals surface area contributed by atoms with Crippen LogP contribution in [-0.2, 0) is 6.54 Å². The van der Waals surface area contributed by atoms with E-state index in [4.69, 9.17) is 0 Å². The maximum absolute atomic E-state index is 13.5. The van der Waals surface area contributed by atoms with Crippen molar-refractivity contribution < 1.29 is 4.79 Å². The van der Waals surface area contributed by atoms with Crippen LogP contribution in [0.15, 0.2) is 103 Å². The van der Waals surface area contributed by atoms with E-state index in [1.807, 2.05) is 103 Å². The average molecular weight is 394 g/mol. The summed E-state index contributed by atoms with van der Waals surface area (Å²) in [4.78, 5) is 26.0. The first kappa shape index (κ1) is 19.3. The van der Waals surface area contributed by atoms with E-state index in [-0.39, 0.29) is 5.91 Å². The molecule has 30 heavy (non-hydrogen) atoms. The molecule has 0 aliphatic rings. The predicted molar refractivity (Wildman–Crippen MR) is 120 cm³/mol. The van der Waals surface area contributed by atoms with Crippen molar-refractivity contribution in [3.63, 3.8) is 0 Å². The zero-order valence-corrected chi connectivity index (χ0v) is 16.7. The molecule has 0 unspecified atom stereocenters. The van der Waals surface area contributed by atoms with Crippen LogP contribution in [0.3, 0.4) is 0 Å². The number of carbonyl (C=O) groups is 1. The Balaban J connectivity index is 1.66. The molecule has 0 aliphatic heterocycles. The molecule has 0 radical (unpaired) electrons. The number of hydrogen-bond donors (Lipinski definition) is 0. The second kappa shape index (κ2) is 9.01. The van der Waals surface area contributed by atoms with Crippen LogP contribution in [0.4, 0.5) is 17.3 Å². The number of aromatic nitrogens is 2. The van der Waals surface area contributed by atoms with Crippen LogP contribution in [0, 0.1) is 0 Å². The fraction of sp³-hybridized carbons (Fsp3) is 0.0800. The summed E-state index contributed by atoms with van der Waals surface area (Å²) < 4.78 is 0. The van der Waals surface area contributed by atoms with Crippen LogP contribution in [-0.4, -0.2) is 22.9 Å². The first-order valence-electron chi connectivity index (χ1n) is 9.75. The number of amides is 1. The summed E-state index contributed by atoms with van der Waals surface area (Å²) in [6.07, 6.45) is 1.63. The maximum atomic E-state index is 13.5. The molecule has 0 atom stereocenters. The highest BCUT2D eigenvalue weighted by atomic mass is 16.2. The Kier molecular flexibility index (Phi) is 5.80. The molecular weight excluding hydrogens is 372 g/mol. The Labute approximate surface area is 176 Å². The predicted octanol–water partition coefficient (Wildman–Crippen LogP) is 5.09. The van der Waals surface area contributed by atoms with Gasteiger partial charge in [0.1, 0.15) is 5.69 Å². The Morgan fingerprint density at radius 2 is 1.33 bits per heavy atom. The Morgan fingerprint density at radius 3 is 1.97 bits per heavy atom. The lowest BCUT2D eigenvalue weighted by Gasteiger charge is -2.23. The highest BCUT2D eigenvalue weighted by Crippen LogP contribution is 2.22. The van der Waals surface area contributed by atoms with Crippen molar-refractivity contribution in [1.82, 2.24) is 9.97 Å². The molecule has 4 aromatic rings. The number of rotatable bonds is 6. The fourth-order valence-corrected chi connectivity index (χ4v) is 3.19. The van der Waals surface area contributed by atoms with E-state index in [9.17, 15) is 4.79 Å². The second-order valence-electron chi connectivity index (χ2n) is 6.85. The van der Waals surface area contributed by atoms with Gasteiger partial charge in [0, 0.05) is 24.6 Å². The molecule has 0 fully saturated rings. The summed E-state index contributed by atoms with van der Waals surface area (Å²) in [5.74, 6) is 0.301. The molecule has 1 heterocycles. The smallest absolute Gasteiger partial charge is 0.277 e. The van der Waals surface area contributed by atoms with Crippen LogP contribution >= 0.6 is 0 Å². The molecule has 0 saturated heterocycles. The van der Waals surface area contributed by atoms with E-state index < -0.39 is 0 Å². The van der Waals surface area contributed by atoms with Crippen LogP contribution in [0.2, 0.25) is 0 Å². The Morgan fingerprint density at radius 1 is 0.767 bits per heavy atom. The van der Waals surface area contributed by atoms with Gasteiger partial charge in [-0.05, 0) is 35.9 Å². The minimum Gasteiger partial charge on any atom is -0.314 e. The number of nitrogens with zero attached hydrogens (tertiary/aromatic N) is 4. The van der Waals surface area contributed by atoms with E-state index in [2.05, 4.69) is 9.97 Å². The van der Waals surface area contributed by atoms with Gasteiger partial charge in [0.2, 0.25) is 5.95 Å².